The molecule has 0 bridgehead atoms. The van der Waals surface area contributed by atoms with E-state index in [0.29, 0.717) is 25.6 Å². The van der Waals surface area contributed by atoms with Crippen molar-refractivity contribution in [1.29, 1.82) is 0 Å². The van der Waals surface area contributed by atoms with Crippen LogP contribution in [0.4, 0.5) is 4.79 Å². The van der Waals surface area contributed by atoms with Crippen LogP contribution < -0.4 is 11.1 Å². The highest BCUT2D eigenvalue weighted by atomic mass is 16.4. The Morgan fingerprint density at radius 2 is 2.25 bits per heavy atom. The number of carboxylic acid groups (broad SMARTS) is 1. The molecule has 1 aliphatic rings. The first kappa shape index (κ1) is 14.3. The topological polar surface area (TPSA) is 95.7 Å². The summed E-state index contributed by atoms with van der Waals surface area (Å²) in [5.74, 6) is -0.584. The molecule has 2 amide bonds. The van der Waals surface area contributed by atoms with Crippen molar-refractivity contribution in [1.82, 2.24) is 10.2 Å². The average Bonchev–Trinajstić information content (AvgIpc) is 2.94. The van der Waals surface area contributed by atoms with Gasteiger partial charge in [-0.15, -0.1) is 0 Å². The molecule has 0 aromatic heterocycles. The normalized spacial score (nSPS) is 18.1. The third kappa shape index (κ3) is 3.48. The van der Waals surface area contributed by atoms with Gasteiger partial charge >= 0.3 is 12.0 Å². The van der Waals surface area contributed by atoms with Crippen molar-refractivity contribution in [2.45, 2.75) is 13.0 Å². The van der Waals surface area contributed by atoms with E-state index in [4.69, 9.17) is 10.8 Å². The third-order valence-corrected chi connectivity index (χ3v) is 3.52. The Morgan fingerprint density at radius 1 is 1.45 bits per heavy atom. The zero-order chi connectivity index (χ0) is 14.5. The number of urea groups is 1. The number of carboxylic acids is 1. The van der Waals surface area contributed by atoms with Crippen LogP contribution in [0.3, 0.4) is 0 Å². The largest absolute Gasteiger partial charge is 0.478 e. The third-order valence-electron chi connectivity index (χ3n) is 3.52. The number of nitrogens with zero attached hydrogens (tertiary/aromatic N) is 1. The molecule has 1 heterocycles. The average molecular weight is 277 g/mol. The summed E-state index contributed by atoms with van der Waals surface area (Å²) in [5, 5.41) is 11.7. The zero-order valence-corrected chi connectivity index (χ0v) is 11.2. The van der Waals surface area contributed by atoms with Crippen molar-refractivity contribution in [3.8, 4) is 0 Å². The summed E-state index contributed by atoms with van der Waals surface area (Å²) in [5.41, 5.74) is 6.59. The number of amides is 2. The number of rotatable bonds is 4. The number of aromatic carboxylic acids is 1. The summed E-state index contributed by atoms with van der Waals surface area (Å²) in [4.78, 5) is 24.6. The van der Waals surface area contributed by atoms with Crippen LogP contribution in [0.5, 0.6) is 0 Å². The first-order valence-corrected chi connectivity index (χ1v) is 6.65. The molecule has 108 valence electrons. The molecule has 0 radical (unpaired) electrons. The van der Waals surface area contributed by atoms with Gasteiger partial charge in [-0.25, -0.2) is 9.59 Å². The van der Waals surface area contributed by atoms with E-state index in [1.165, 1.54) is 6.07 Å². The maximum atomic E-state index is 12.0. The van der Waals surface area contributed by atoms with Crippen LogP contribution in [-0.2, 0) is 6.54 Å². The number of nitrogens with one attached hydrogen (secondary N) is 1. The molecule has 4 N–H and O–H groups in total. The van der Waals surface area contributed by atoms with Crippen molar-refractivity contribution in [2.24, 2.45) is 11.7 Å². The number of benzene rings is 1. The lowest BCUT2D eigenvalue weighted by atomic mass is 10.1. The molecule has 0 aliphatic carbocycles. The van der Waals surface area contributed by atoms with Crippen LogP contribution in [0.1, 0.15) is 22.3 Å². The number of carbonyl (C=O) groups excluding carboxylic acids is 1. The summed E-state index contributed by atoms with van der Waals surface area (Å²) in [6.45, 7) is 2.34. The van der Waals surface area contributed by atoms with E-state index in [1.807, 2.05) is 0 Å². The monoisotopic (exact) mass is 277 g/mol. The highest BCUT2D eigenvalue weighted by Crippen LogP contribution is 2.14. The van der Waals surface area contributed by atoms with E-state index in [0.717, 1.165) is 18.5 Å². The lowest BCUT2D eigenvalue weighted by Gasteiger charge is -2.17. The molecule has 1 unspecified atom stereocenters. The van der Waals surface area contributed by atoms with Gasteiger partial charge in [0.15, 0.2) is 0 Å². The number of likely N-dealkylation sites (tertiary alicyclic amines) is 1. The van der Waals surface area contributed by atoms with E-state index in [2.05, 4.69) is 5.32 Å². The number of nitrogens with two attached hydrogens (primary N) is 1. The molecule has 6 nitrogen and oxygen atoms in total. The van der Waals surface area contributed by atoms with Gasteiger partial charge in [-0.2, -0.15) is 0 Å². The van der Waals surface area contributed by atoms with E-state index in [9.17, 15) is 9.59 Å². The quantitative estimate of drug-likeness (QED) is 0.761. The first-order valence-electron chi connectivity index (χ1n) is 6.65. The minimum absolute atomic E-state index is 0.123. The predicted molar refractivity (Wildman–Crippen MR) is 74.4 cm³/mol. The van der Waals surface area contributed by atoms with Crippen molar-refractivity contribution < 1.29 is 14.7 Å². The lowest BCUT2D eigenvalue weighted by Crippen LogP contribution is -2.38. The predicted octanol–water partition coefficient (Wildman–Crippen LogP) is 0.875. The van der Waals surface area contributed by atoms with Gasteiger partial charge in [0.1, 0.15) is 0 Å². The second-order valence-corrected chi connectivity index (χ2v) is 5.00. The fourth-order valence-electron chi connectivity index (χ4n) is 2.31. The minimum atomic E-state index is -0.969. The molecule has 1 aromatic rings. The van der Waals surface area contributed by atoms with Crippen LogP contribution in [0.15, 0.2) is 24.3 Å². The molecule has 1 atom stereocenters. The summed E-state index contributed by atoms with van der Waals surface area (Å²) in [7, 11) is 0. The Hall–Kier alpha value is -2.08. The summed E-state index contributed by atoms with van der Waals surface area (Å²) >= 11 is 0. The van der Waals surface area contributed by atoms with E-state index < -0.39 is 5.97 Å². The standard InChI is InChI=1S/C14H19N3O3/c15-7-11-4-5-17(9-11)14(20)16-8-10-2-1-3-12(6-10)13(18)19/h1-3,6,11H,4-5,7-9,15H2,(H,16,20)(H,18,19). The van der Waals surface area contributed by atoms with Crippen LogP contribution in [0, 0.1) is 5.92 Å². The Labute approximate surface area is 117 Å². The Balaban J connectivity index is 1.87. The molecule has 6 heteroatoms. The van der Waals surface area contributed by atoms with Crippen LogP contribution >= 0.6 is 0 Å². The maximum absolute atomic E-state index is 12.0. The molecular weight excluding hydrogens is 258 g/mol. The van der Waals surface area contributed by atoms with Crippen molar-refractivity contribution in [3.05, 3.63) is 35.4 Å². The number of carbonyl (C=O) groups is 2. The molecule has 1 fully saturated rings. The Kier molecular flexibility index (Phi) is 4.57. The number of hydrogen-bond acceptors (Lipinski definition) is 3. The second kappa shape index (κ2) is 6.38. The van der Waals surface area contributed by atoms with Crippen molar-refractivity contribution >= 4 is 12.0 Å². The SMILES string of the molecule is NCC1CCN(C(=O)NCc2cccc(C(=O)O)c2)C1. The smallest absolute Gasteiger partial charge is 0.335 e. The summed E-state index contributed by atoms with van der Waals surface area (Å²) in [6, 6.07) is 6.43. The van der Waals surface area contributed by atoms with Crippen molar-refractivity contribution in [3.63, 3.8) is 0 Å². The van der Waals surface area contributed by atoms with Gasteiger partial charge in [-0.1, -0.05) is 12.1 Å². The van der Waals surface area contributed by atoms with E-state index in [-0.39, 0.29) is 11.6 Å². The fraction of sp³-hybridized carbons (Fsp3) is 0.429. The van der Waals surface area contributed by atoms with Gasteiger partial charge in [0.25, 0.3) is 0 Å². The highest BCUT2D eigenvalue weighted by Gasteiger charge is 2.24. The van der Waals surface area contributed by atoms with Crippen LogP contribution in [0.25, 0.3) is 0 Å². The summed E-state index contributed by atoms with van der Waals surface area (Å²) in [6.07, 6.45) is 0.943. The molecule has 2 rings (SSSR count). The minimum Gasteiger partial charge on any atom is -0.478 e. The van der Waals surface area contributed by atoms with Gasteiger partial charge < -0.3 is 21.1 Å². The van der Waals surface area contributed by atoms with Gasteiger partial charge in [-0.3, -0.25) is 0 Å². The van der Waals surface area contributed by atoms with Crippen LogP contribution in [-0.4, -0.2) is 41.6 Å². The molecule has 20 heavy (non-hydrogen) atoms. The molecule has 1 aliphatic heterocycles. The van der Waals surface area contributed by atoms with Gasteiger partial charge in [-0.05, 0) is 36.6 Å². The summed E-state index contributed by atoms with van der Waals surface area (Å²) < 4.78 is 0. The number of hydrogen-bond donors (Lipinski definition) is 3. The van der Waals surface area contributed by atoms with Gasteiger partial charge in [0.2, 0.25) is 0 Å². The zero-order valence-electron chi connectivity index (χ0n) is 11.2. The van der Waals surface area contributed by atoms with E-state index in [1.54, 1.807) is 23.1 Å². The molecule has 1 saturated heterocycles. The Morgan fingerprint density at radius 3 is 2.90 bits per heavy atom. The highest BCUT2D eigenvalue weighted by molar-refractivity contribution is 5.87. The Bertz CT molecular complexity index is 504. The van der Waals surface area contributed by atoms with E-state index >= 15 is 0 Å². The fourth-order valence-corrected chi connectivity index (χ4v) is 2.31. The van der Waals surface area contributed by atoms with Gasteiger partial charge in [0.05, 0.1) is 5.56 Å². The van der Waals surface area contributed by atoms with Gasteiger partial charge in [0, 0.05) is 19.6 Å². The molecular formula is C14H19N3O3. The first-order chi connectivity index (χ1) is 9.60. The van der Waals surface area contributed by atoms with Crippen molar-refractivity contribution in [2.75, 3.05) is 19.6 Å². The maximum Gasteiger partial charge on any atom is 0.335 e. The second-order valence-electron chi connectivity index (χ2n) is 5.00. The molecule has 0 spiro atoms. The lowest BCUT2D eigenvalue weighted by molar-refractivity contribution is 0.0696. The molecule has 0 saturated carbocycles. The molecule has 1 aromatic carbocycles. The van der Waals surface area contributed by atoms with Crippen LogP contribution in [0.2, 0.25) is 0 Å².